The third kappa shape index (κ3) is 3.84. The molecular weight excluding hydrogens is 324 g/mol. The Balaban J connectivity index is 2.43. The van der Waals surface area contributed by atoms with E-state index in [1.807, 2.05) is 19.1 Å². The molecule has 0 bridgehead atoms. The second-order valence-corrected chi connectivity index (χ2v) is 5.15. The lowest BCUT2D eigenvalue weighted by atomic mass is 10.2. The molecule has 0 aliphatic rings. The molecule has 6 heteroatoms. The molecule has 0 aliphatic heterocycles. The van der Waals surface area contributed by atoms with E-state index in [2.05, 4.69) is 5.32 Å². The molecule has 2 aromatic carbocycles. The van der Waals surface area contributed by atoms with Gasteiger partial charge in [-0.05, 0) is 31.2 Å². The minimum Gasteiger partial charge on any atom is -0.454 e. The third-order valence-electron chi connectivity index (χ3n) is 3.05. The average Bonchev–Trinajstić information content (AvgIpc) is 2.59. The SMILES string of the molecule is Cc1ccc(Oc2c(Cl)cccc2NC(C#N)=C(C#N)C#N)cc1. The highest BCUT2D eigenvalue weighted by atomic mass is 35.5. The number of para-hydroxylation sites is 1. The van der Waals surface area contributed by atoms with Gasteiger partial charge in [0.1, 0.15) is 29.7 Å². The zero-order chi connectivity index (χ0) is 17.5. The lowest BCUT2D eigenvalue weighted by Gasteiger charge is -2.14. The van der Waals surface area contributed by atoms with Gasteiger partial charge in [0.05, 0.1) is 10.7 Å². The van der Waals surface area contributed by atoms with Gasteiger partial charge in [-0.1, -0.05) is 35.4 Å². The topological polar surface area (TPSA) is 92.6 Å². The van der Waals surface area contributed by atoms with Crippen LogP contribution in [0, 0.1) is 40.9 Å². The molecule has 0 aromatic heterocycles. The van der Waals surface area contributed by atoms with Crippen LogP contribution in [0.15, 0.2) is 53.7 Å². The van der Waals surface area contributed by atoms with Crippen molar-refractivity contribution in [1.29, 1.82) is 15.8 Å². The van der Waals surface area contributed by atoms with Gasteiger partial charge in [-0.2, -0.15) is 15.8 Å². The molecule has 2 rings (SSSR count). The molecule has 0 unspecified atom stereocenters. The summed E-state index contributed by atoms with van der Waals surface area (Å²) >= 11 is 6.19. The van der Waals surface area contributed by atoms with Gasteiger partial charge in [0.15, 0.2) is 11.3 Å². The summed E-state index contributed by atoms with van der Waals surface area (Å²) in [4.78, 5) is 0. The smallest absolute Gasteiger partial charge is 0.169 e. The van der Waals surface area contributed by atoms with Crippen molar-refractivity contribution in [3.05, 3.63) is 64.3 Å². The Morgan fingerprint density at radius 3 is 2.25 bits per heavy atom. The van der Waals surface area contributed by atoms with Crippen LogP contribution in [0.1, 0.15) is 5.56 Å². The van der Waals surface area contributed by atoms with E-state index in [1.165, 1.54) is 0 Å². The fraction of sp³-hybridized carbons (Fsp3) is 0.0556. The second-order valence-electron chi connectivity index (χ2n) is 4.74. The van der Waals surface area contributed by atoms with Crippen LogP contribution in [0.3, 0.4) is 0 Å². The molecule has 0 saturated heterocycles. The van der Waals surface area contributed by atoms with Gasteiger partial charge >= 0.3 is 0 Å². The van der Waals surface area contributed by atoms with Gasteiger partial charge in [0.25, 0.3) is 0 Å². The van der Waals surface area contributed by atoms with E-state index in [0.717, 1.165) is 5.56 Å². The van der Waals surface area contributed by atoms with Crippen LogP contribution in [-0.2, 0) is 0 Å². The van der Waals surface area contributed by atoms with Crippen LogP contribution in [-0.4, -0.2) is 0 Å². The van der Waals surface area contributed by atoms with Gasteiger partial charge in [-0.25, -0.2) is 0 Å². The van der Waals surface area contributed by atoms with Crippen molar-refractivity contribution in [2.24, 2.45) is 0 Å². The molecule has 2 aromatic rings. The van der Waals surface area contributed by atoms with Crippen LogP contribution < -0.4 is 10.1 Å². The summed E-state index contributed by atoms with van der Waals surface area (Å²) in [6, 6.07) is 17.5. The molecule has 0 atom stereocenters. The lowest BCUT2D eigenvalue weighted by molar-refractivity contribution is 0.485. The normalized spacial score (nSPS) is 9.12. The molecule has 0 spiro atoms. The molecule has 5 nitrogen and oxygen atoms in total. The minimum atomic E-state index is -0.321. The summed E-state index contributed by atoms with van der Waals surface area (Å²) in [5.41, 5.74) is 0.972. The standard InChI is InChI=1S/C18H11ClN4O/c1-12-5-7-14(8-6-12)24-18-15(19)3-2-4-16(18)23-17(11-22)13(9-20)10-21/h2-8,23H,1H3. The van der Waals surface area contributed by atoms with Crippen molar-refractivity contribution < 1.29 is 4.74 Å². The number of nitriles is 3. The van der Waals surface area contributed by atoms with E-state index in [9.17, 15) is 0 Å². The maximum atomic E-state index is 9.15. The molecule has 0 fully saturated rings. The van der Waals surface area contributed by atoms with Gasteiger partial charge in [-0.15, -0.1) is 0 Å². The maximum absolute atomic E-state index is 9.15. The van der Waals surface area contributed by atoms with Gasteiger partial charge in [-0.3, -0.25) is 0 Å². The number of anilines is 1. The summed E-state index contributed by atoms with van der Waals surface area (Å²) in [7, 11) is 0. The molecule has 0 saturated carbocycles. The first-order valence-electron chi connectivity index (χ1n) is 6.83. The molecular formula is C18H11ClN4O. The first-order valence-corrected chi connectivity index (χ1v) is 7.21. The number of halogens is 1. The van der Waals surface area contributed by atoms with E-state index in [0.29, 0.717) is 22.2 Å². The molecule has 1 N–H and O–H groups in total. The van der Waals surface area contributed by atoms with E-state index in [1.54, 1.807) is 48.5 Å². The van der Waals surface area contributed by atoms with Crippen molar-refractivity contribution >= 4 is 17.3 Å². The number of hydrogen-bond acceptors (Lipinski definition) is 5. The fourth-order valence-corrected chi connectivity index (χ4v) is 2.07. The van der Waals surface area contributed by atoms with E-state index < -0.39 is 0 Å². The van der Waals surface area contributed by atoms with Crippen molar-refractivity contribution in [1.82, 2.24) is 0 Å². The first kappa shape index (κ1) is 16.9. The Morgan fingerprint density at radius 2 is 1.67 bits per heavy atom. The van der Waals surface area contributed by atoms with Crippen molar-refractivity contribution in [3.63, 3.8) is 0 Å². The van der Waals surface area contributed by atoms with Gasteiger partial charge in [0.2, 0.25) is 0 Å². The zero-order valence-electron chi connectivity index (χ0n) is 12.7. The van der Waals surface area contributed by atoms with Crippen LogP contribution in [0.25, 0.3) is 0 Å². The summed E-state index contributed by atoms with van der Waals surface area (Å²) in [6.45, 7) is 1.96. The Bertz CT molecular complexity index is 896. The Kier molecular flexibility index (Phi) is 5.42. The van der Waals surface area contributed by atoms with Crippen molar-refractivity contribution in [2.75, 3.05) is 5.32 Å². The van der Waals surface area contributed by atoms with E-state index in [4.69, 9.17) is 32.1 Å². The summed E-state index contributed by atoms with van der Waals surface area (Å²) in [5.74, 6) is 0.867. The summed E-state index contributed by atoms with van der Waals surface area (Å²) in [6.07, 6.45) is 0. The number of aryl methyl sites for hydroxylation is 1. The Labute approximate surface area is 144 Å². The number of benzene rings is 2. The van der Waals surface area contributed by atoms with Crippen LogP contribution in [0.4, 0.5) is 5.69 Å². The van der Waals surface area contributed by atoms with Crippen molar-refractivity contribution in [2.45, 2.75) is 6.92 Å². The molecule has 0 heterocycles. The number of ether oxygens (including phenoxy) is 1. The van der Waals surface area contributed by atoms with Gasteiger partial charge < -0.3 is 10.1 Å². The Morgan fingerprint density at radius 1 is 1.00 bits per heavy atom. The first-order chi connectivity index (χ1) is 11.6. The monoisotopic (exact) mass is 334 g/mol. The van der Waals surface area contributed by atoms with Crippen molar-refractivity contribution in [3.8, 4) is 29.7 Å². The quantitative estimate of drug-likeness (QED) is 0.819. The minimum absolute atomic E-state index is 0.170. The largest absolute Gasteiger partial charge is 0.454 e. The van der Waals surface area contributed by atoms with Gasteiger partial charge in [0, 0.05) is 0 Å². The van der Waals surface area contributed by atoms with Crippen LogP contribution >= 0.6 is 11.6 Å². The Hall–Kier alpha value is -3.46. The fourth-order valence-electron chi connectivity index (χ4n) is 1.85. The summed E-state index contributed by atoms with van der Waals surface area (Å²) < 4.78 is 5.80. The average molecular weight is 335 g/mol. The zero-order valence-corrected chi connectivity index (χ0v) is 13.4. The highest BCUT2D eigenvalue weighted by Gasteiger charge is 2.13. The molecule has 0 aliphatic carbocycles. The number of nitrogens with one attached hydrogen (secondary N) is 1. The second kappa shape index (κ2) is 7.70. The van der Waals surface area contributed by atoms with E-state index in [-0.39, 0.29) is 11.3 Å². The number of rotatable bonds is 4. The van der Waals surface area contributed by atoms with Crippen LogP contribution in [0.5, 0.6) is 11.5 Å². The molecule has 116 valence electrons. The molecule has 0 amide bonds. The maximum Gasteiger partial charge on any atom is 0.169 e. The number of nitrogens with zero attached hydrogens (tertiary/aromatic N) is 3. The number of allylic oxidation sites excluding steroid dienone is 2. The highest BCUT2D eigenvalue weighted by Crippen LogP contribution is 2.37. The molecule has 24 heavy (non-hydrogen) atoms. The molecule has 0 radical (unpaired) electrons. The predicted molar refractivity (Wildman–Crippen MR) is 90.2 cm³/mol. The third-order valence-corrected chi connectivity index (χ3v) is 3.35. The number of hydrogen-bond donors (Lipinski definition) is 1. The predicted octanol–water partition coefficient (Wildman–Crippen LogP) is 4.68. The summed E-state index contributed by atoms with van der Waals surface area (Å²) in [5, 5.41) is 30.0. The lowest BCUT2D eigenvalue weighted by Crippen LogP contribution is -2.02. The van der Waals surface area contributed by atoms with E-state index >= 15 is 0 Å². The van der Waals surface area contributed by atoms with Crippen LogP contribution in [0.2, 0.25) is 5.02 Å². The highest BCUT2D eigenvalue weighted by molar-refractivity contribution is 6.32.